The largest absolute Gasteiger partial charge is 0.457 e. The Kier molecular flexibility index (Phi) is 6.76. The molecule has 3 fully saturated rings. The number of nitrogens with one attached hydrogen (secondary N) is 1. The molecular formula is C37H38N2O4. The summed E-state index contributed by atoms with van der Waals surface area (Å²) in [5.41, 5.74) is 2.85. The van der Waals surface area contributed by atoms with E-state index >= 15 is 0 Å². The number of ether oxygens (including phenoxy) is 1. The predicted octanol–water partition coefficient (Wildman–Crippen LogP) is 6.77. The van der Waals surface area contributed by atoms with Crippen LogP contribution < -0.4 is 10.1 Å². The van der Waals surface area contributed by atoms with Crippen LogP contribution in [-0.4, -0.2) is 28.7 Å². The van der Waals surface area contributed by atoms with Gasteiger partial charge in [0.2, 0.25) is 17.7 Å². The fourth-order valence-corrected chi connectivity index (χ4v) is 7.57. The van der Waals surface area contributed by atoms with Gasteiger partial charge in [-0.2, -0.15) is 0 Å². The first kappa shape index (κ1) is 27.6. The maximum absolute atomic E-state index is 13.9. The van der Waals surface area contributed by atoms with E-state index in [1.54, 1.807) is 12.1 Å². The summed E-state index contributed by atoms with van der Waals surface area (Å²) >= 11 is 0. The van der Waals surface area contributed by atoms with Crippen LogP contribution in [0, 0.1) is 35.5 Å². The maximum Gasteiger partial charge on any atom is 0.248 e. The van der Waals surface area contributed by atoms with Gasteiger partial charge >= 0.3 is 0 Å². The number of anilines is 1. The lowest BCUT2D eigenvalue weighted by Crippen LogP contribution is -2.49. The number of hydrogen-bond donors (Lipinski definition) is 1. The molecule has 1 N–H and O–H groups in total. The number of carbonyl (C=O) groups is 3. The van der Waals surface area contributed by atoms with E-state index < -0.39 is 6.04 Å². The fourth-order valence-electron chi connectivity index (χ4n) is 7.57. The zero-order valence-corrected chi connectivity index (χ0v) is 24.9. The molecule has 1 aliphatic heterocycles. The molecule has 7 atom stereocenters. The van der Waals surface area contributed by atoms with Crippen molar-refractivity contribution < 1.29 is 19.1 Å². The van der Waals surface area contributed by atoms with E-state index in [9.17, 15) is 14.4 Å². The quantitative estimate of drug-likeness (QED) is 0.226. The second kappa shape index (κ2) is 10.5. The summed E-state index contributed by atoms with van der Waals surface area (Å²) < 4.78 is 6.05. The lowest BCUT2D eigenvalue weighted by atomic mass is 9.63. The Morgan fingerprint density at radius 2 is 1.42 bits per heavy atom. The summed E-state index contributed by atoms with van der Waals surface area (Å²) in [4.78, 5) is 42.9. The number of nitrogens with zero attached hydrogens (tertiary/aromatic N) is 1. The fraction of sp³-hybridized carbons (Fsp3) is 0.378. The van der Waals surface area contributed by atoms with Gasteiger partial charge in [0.15, 0.2) is 0 Å². The van der Waals surface area contributed by atoms with Crippen LogP contribution in [0.5, 0.6) is 11.5 Å². The molecule has 1 saturated heterocycles. The van der Waals surface area contributed by atoms with Gasteiger partial charge in [-0.1, -0.05) is 75.4 Å². The number of carbonyl (C=O) groups excluding carboxylic acids is 3. The molecule has 8 rings (SSSR count). The summed E-state index contributed by atoms with van der Waals surface area (Å²) in [7, 11) is 0. The second-order valence-corrected chi connectivity index (χ2v) is 13.3. The van der Waals surface area contributed by atoms with Gasteiger partial charge in [0.1, 0.15) is 17.5 Å². The molecule has 2 saturated carbocycles. The molecule has 4 aliphatic carbocycles. The maximum atomic E-state index is 13.9. The first-order valence-electron chi connectivity index (χ1n) is 15.5. The number of likely N-dealkylation sites (tertiary alicyclic amines) is 1. The molecular weight excluding hydrogens is 536 g/mol. The molecule has 1 heterocycles. The topological polar surface area (TPSA) is 75.7 Å². The molecule has 43 heavy (non-hydrogen) atoms. The van der Waals surface area contributed by atoms with Crippen molar-refractivity contribution in [2.75, 3.05) is 5.32 Å². The van der Waals surface area contributed by atoms with E-state index in [4.69, 9.17) is 4.74 Å². The van der Waals surface area contributed by atoms with E-state index in [0.29, 0.717) is 23.3 Å². The Labute approximate surface area is 253 Å². The van der Waals surface area contributed by atoms with E-state index in [1.165, 1.54) is 10.5 Å². The van der Waals surface area contributed by atoms with Crippen molar-refractivity contribution in [3.8, 4) is 11.5 Å². The number of rotatable bonds is 9. The van der Waals surface area contributed by atoms with Crippen molar-refractivity contribution >= 4 is 23.4 Å². The molecule has 0 unspecified atom stereocenters. The molecule has 0 aromatic heterocycles. The predicted molar refractivity (Wildman–Crippen MR) is 165 cm³/mol. The number of benzene rings is 3. The molecule has 3 aromatic rings. The molecule has 3 amide bonds. The lowest BCUT2D eigenvalue weighted by Gasteiger charge is -2.37. The zero-order chi connectivity index (χ0) is 29.9. The number of imide groups is 1. The van der Waals surface area contributed by atoms with Gasteiger partial charge in [0, 0.05) is 12.1 Å². The van der Waals surface area contributed by atoms with Crippen LogP contribution >= 0.6 is 0 Å². The molecule has 0 spiro atoms. The molecule has 0 radical (unpaired) electrons. The van der Waals surface area contributed by atoms with Gasteiger partial charge in [0.05, 0.1) is 11.8 Å². The SMILES string of the molecule is CCC(C)(C)c1ccc(Oc2ccc(NC(=O)[C@H](Cc3ccccc3)N3C(=O)[C@H]4[C@@H]5C=C[C@H]([C@@H]6C[C@H]56)[C@@H]4C3=O)cc2)cc1. The third kappa shape index (κ3) is 4.87. The highest BCUT2D eigenvalue weighted by atomic mass is 16.5. The molecule has 6 nitrogen and oxygen atoms in total. The van der Waals surface area contributed by atoms with Crippen LogP contribution in [0.1, 0.15) is 44.7 Å². The first-order chi connectivity index (χ1) is 20.7. The monoisotopic (exact) mass is 574 g/mol. The Morgan fingerprint density at radius 3 is 1.98 bits per heavy atom. The number of hydrogen-bond acceptors (Lipinski definition) is 4. The van der Waals surface area contributed by atoms with Crippen molar-refractivity contribution in [2.24, 2.45) is 35.5 Å². The van der Waals surface area contributed by atoms with Gasteiger partial charge in [-0.15, -0.1) is 0 Å². The number of allylic oxidation sites excluding steroid dienone is 2. The summed E-state index contributed by atoms with van der Waals surface area (Å²) in [5, 5.41) is 2.98. The zero-order valence-electron chi connectivity index (χ0n) is 24.9. The van der Waals surface area contributed by atoms with Crippen LogP contribution in [0.4, 0.5) is 5.69 Å². The highest BCUT2D eigenvalue weighted by molar-refractivity contribution is 6.10. The minimum atomic E-state index is -0.925. The van der Waals surface area contributed by atoms with Gasteiger partial charge in [0.25, 0.3) is 0 Å². The Balaban J connectivity index is 1.08. The van der Waals surface area contributed by atoms with Gasteiger partial charge in [-0.3, -0.25) is 19.3 Å². The Bertz CT molecular complexity index is 1540. The van der Waals surface area contributed by atoms with Crippen molar-refractivity contribution in [1.82, 2.24) is 4.90 Å². The van der Waals surface area contributed by atoms with Gasteiger partial charge in [-0.25, -0.2) is 0 Å². The van der Waals surface area contributed by atoms with Crippen LogP contribution in [0.15, 0.2) is 91.0 Å². The summed E-state index contributed by atoms with van der Waals surface area (Å²) in [5.74, 6) is 1.23. The molecule has 6 heteroatoms. The van der Waals surface area contributed by atoms with Crippen LogP contribution in [0.25, 0.3) is 0 Å². The summed E-state index contributed by atoms with van der Waals surface area (Å²) in [6.07, 6.45) is 6.74. The highest BCUT2D eigenvalue weighted by Crippen LogP contribution is 2.65. The highest BCUT2D eigenvalue weighted by Gasteiger charge is 2.67. The second-order valence-electron chi connectivity index (χ2n) is 13.3. The van der Waals surface area contributed by atoms with Gasteiger partial charge in [-0.05, 0) is 89.5 Å². The van der Waals surface area contributed by atoms with Crippen molar-refractivity contribution in [2.45, 2.75) is 51.5 Å². The van der Waals surface area contributed by atoms with E-state index in [2.05, 4.69) is 50.4 Å². The average Bonchev–Trinajstić information content (AvgIpc) is 3.81. The molecule has 3 aromatic carbocycles. The molecule has 2 bridgehead atoms. The minimum Gasteiger partial charge on any atom is -0.457 e. The first-order valence-corrected chi connectivity index (χ1v) is 15.5. The van der Waals surface area contributed by atoms with Crippen LogP contribution in [-0.2, 0) is 26.2 Å². The van der Waals surface area contributed by atoms with Crippen LogP contribution in [0.3, 0.4) is 0 Å². The smallest absolute Gasteiger partial charge is 0.248 e. The van der Waals surface area contributed by atoms with Crippen molar-refractivity contribution in [3.05, 3.63) is 102 Å². The summed E-state index contributed by atoms with van der Waals surface area (Å²) in [6.45, 7) is 6.64. The third-order valence-corrected chi connectivity index (χ3v) is 10.5. The van der Waals surface area contributed by atoms with Gasteiger partial charge < -0.3 is 10.1 Å². The van der Waals surface area contributed by atoms with E-state index in [0.717, 1.165) is 24.2 Å². The van der Waals surface area contributed by atoms with Crippen molar-refractivity contribution in [3.63, 3.8) is 0 Å². The number of amides is 3. The van der Waals surface area contributed by atoms with Crippen molar-refractivity contribution in [1.29, 1.82) is 0 Å². The normalized spacial score (nSPS) is 27.5. The summed E-state index contributed by atoms with van der Waals surface area (Å²) in [6, 6.07) is 24.0. The standard InChI is InChI=1S/C37H38N2O4/c1-4-37(2,3)23-10-14-25(15-11-23)43-26-16-12-24(13-17-26)38-34(40)31(20-22-8-6-5-7-9-22)39-35(41)32-27-18-19-28(30-21-29(27)30)33(32)36(39)42/h5-19,27-33H,4,20-21H2,1-3H3,(H,38,40)/t27-,28-,29-,30+,31+,32+,33+/m1/s1. The van der Waals surface area contributed by atoms with E-state index in [-0.39, 0.29) is 53.2 Å². The van der Waals surface area contributed by atoms with Crippen LogP contribution in [0.2, 0.25) is 0 Å². The molecule has 220 valence electrons. The molecule has 5 aliphatic rings. The average molecular weight is 575 g/mol. The Morgan fingerprint density at radius 1 is 0.860 bits per heavy atom. The lowest BCUT2D eigenvalue weighted by molar-refractivity contribution is -0.146. The minimum absolute atomic E-state index is 0.107. The van der Waals surface area contributed by atoms with E-state index in [1.807, 2.05) is 54.6 Å². The Hall–Kier alpha value is -4.19. The third-order valence-electron chi connectivity index (χ3n) is 10.5.